The molecule has 3 aromatic rings. The molecule has 2 N–H and O–H groups in total. The molecule has 0 amide bonds. The molecule has 0 saturated carbocycles. The fraction of sp³-hybridized carbons (Fsp3) is 0.125. The third-order valence-corrected chi connectivity index (χ3v) is 4.30. The number of aromatic hydroxyl groups is 1. The summed E-state index contributed by atoms with van der Waals surface area (Å²) in [7, 11) is 0. The Morgan fingerprint density at radius 3 is 2.68 bits per heavy atom. The molecule has 0 aliphatic carbocycles. The smallest absolute Gasteiger partial charge is 0.200 e. The van der Waals surface area contributed by atoms with E-state index in [0.717, 1.165) is 22.4 Å². The summed E-state index contributed by atoms with van der Waals surface area (Å²) in [5.74, 6) is 0.880. The van der Waals surface area contributed by atoms with Crippen molar-refractivity contribution in [2.45, 2.75) is 13.8 Å². The molecule has 0 spiro atoms. The molecule has 0 aliphatic heterocycles. The van der Waals surface area contributed by atoms with Crippen LogP contribution < -0.4 is 0 Å². The molecule has 3 rings (SSSR count). The van der Waals surface area contributed by atoms with Crippen molar-refractivity contribution in [1.82, 2.24) is 14.8 Å². The number of aromatic nitrogens is 3. The molecule has 22 heavy (non-hydrogen) atoms. The van der Waals surface area contributed by atoms with Crippen LogP contribution in [0.25, 0.3) is 17.1 Å². The predicted molar refractivity (Wildman–Crippen MR) is 90.3 cm³/mol. The van der Waals surface area contributed by atoms with Crippen LogP contribution in [0.3, 0.4) is 0 Å². The number of halogens is 1. The van der Waals surface area contributed by atoms with Crippen LogP contribution in [-0.2, 0) is 0 Å². The highest BCUT2D eigenvalue weighted by Crippen LogP contribution is 2.31. The van der Waals surface area contributed by atoms with Crippen molar-refractivity contribution < 1.29 is 5.11 Å². The molecule has 6 heteroatoms. The summed E-state index contributed by atoms with van der Waals surface area (Å²) in [6.07, 6.45) is 0. The highest BCUT2D eigenvalue weighted by molar-refractivity contribution is 7.71. The van der Waals surface area contributed by atoms with Crippen molar-refractivity contribution >= 4 is 23.8 Å². The van der Waals surface area contributed by atoms with Crippen LogP contribution in [0, 0.1) is 18.6 Å². The van der Waals surface area contributed by atoms with Crippen molar-refractivity contribution in [1.29, 1.82) is 0 Å². The van der Waals surface area contributed by atoms with Gasteiger partial charge in [0.05, 0.1) is 10.7 Å². The Bertz CT molecular complexity index is 914. The van der Waals surface area contributed by atoms with E-state index in [9.17, 15) is 5.11 Å². The van der Waals surface area contributed by atoms with E-state index in [1.54, 1.807) is 12.1 Å². The molecule has 0 bridgehead atoms. The Morgan fingerprint density at radius 2 is 1.95 bits per heavy atom. The van der Waals surface area contributed by atoms with Gasteiger partial charge < -0.3 is 5.11 Å². The standard InChI is InChI=1S/C16H14ClN3OS/c1-9-4-3-5-13(14(9)17)20-15(18-19-16(20)22)12-7-6-11(21)8-10(12)2/h3-8,21H,1-2H3,(H,19,22). The molecular weight excluding hydrogens is 318 g/mol. The first kappa shape index (κ1) is 14.8. The van der Waals surface area contributed by atoms with Gasteiger partial charge in [-0.05, 0) is 61.5 Å². The van der Waals surface area contributed by atoms with E-state index in [-0.39, 0.29) is 5.75 Å². The Morgan fingerprint density at radius 1 is 1.18 bits per heavy atom. The summed E-state index contributed by atoms with van der Waals surface area (Å²) in [5.41, 5.74) is 3.53. The second-order valence-electron chi connectivity index (χ2n) is 5.10. The third kappa shape index (κ3) is 2.42. The maximum absolute atomic E-state index is 9.58. The molecule has 0 fully saturated rings. The van der Waals surface area contributed by atoms with Gasteiger partial charge in [-0.1, -0.05) is 23.7 Å². The number of hydrogen-bond donors (Lipinski definition) is 2. The van der Waals surface area contributed by atoms with Crippen LogP contribution in [0.5, 0.6) is 5.75 Å². The van der Waals surface area contributed by atoms with Crippen molar-refractivity contribution in [2.75, 3.05) is 0 Å². The molecule has 112 valence electrons. The minimum absolute atomic E-state index is 0.218. The number of nitrogens with zero attached hydrogens (tertiary/aromatic N) is 2. The number of nitrogens with one attached hydrogen (secondary N) is 1. The fourth-order valence-corrected chi connectivity index (χ4v) is 2.85. The number of phenolic OH excluding ortho intramolecular Hbond substituents is 1. The van der Waals surface area contributed by atoms with Crippen LogP contribution in [0.2, 0.25) is 5.02 Å². The van der Waals surface area contributed by atoms with Gasteiger partial charge >= 0.3 is 0 Å². The molecule has 0 radical (unpaired) electrons. The summed E-state index contributed by atoms with van der Waals surface area (Å²) in [4.78, 5) is 0. The third-order valence-electron chi connectivity index (χ3n) is 3.54. The highest BCUT2D eigenvalue weighted by atomic mass is 35.5. The SMILES string of the molecule is Cc1cc(O)ccc1-c1n[nH]c(=S)n1-c1cccc(C)c1Cl. The van der Waals surface area contributed by atoms with Gasteiger partial charge in [0.1, 0.15) is 5.75 Å². The average molecular weight is 332 g/mol. The quantitative estimate of drug-likeness (QED) is 0.676. The average Bonchev–Trinajstić information content (AvgIpc) is 2.84. The molecule has 0 atom stereocenters. The maximum Gasteiger partial charge on any atom is 0.200 e. The van der Waals surface area contributed by atoms with Gasteiger partial charge in [0, 0.05) is 5.56 Å². The van der Waals surface area contributed by atoms with Gasteiger partial charge in [0.15, 0.2) is 10.6 Å². The van der Waals surface area contributed by atoms with Crippen LogP contribution in [0.1, 0.15) is 11.1 Å². The van der Waals surface area contributed by atoms with Gasteiger partial charge in [0.2, 0.25) is 0 Å². The number of rotatable bonds is 2. The second-order valence-corrected chi connectivity index (χ2v) is 5.86. The van der Waals surface area contributed by atoms with Crippen molar-refractivity contribution in [3.63, 3.8) is 0 Å². The number of phenols is 1. The Hall–Kier alpha value is -2.11. The van der Waals surface area contributed by atoms with Crippen LogP contribution >= 0.6 is 23.8 Å². The Kier molecular flexibility index (Phi) is 3.76. The molecule has 2 aromatic carbocycles. The Labute approximate surface area is 138 Å². The van der Waals surface area contributed by atoms with Crippen molar-refractivity contribution in [2.24, 2.45) is 0 Å². The first-order valence-electron chi connectivity index (χ1n) is 6.72. The minimum Gasteiger partial charge on any atom is -0.508 e. The van der Waals surface area contributed by atoms with Gasteiger partial charge in [-0.15, -0.1) is 0 Å². The number of aryl methyl sites for hydroxylation is 2. The lowest BCUT2D eigenvalue weighted by atomic mass is 10.1. The van der Waals surface area contributed by atoms with Gasteiger partial charge in [-0.2, -0.15) is 5.10 Å². The molecule has 1 heterocycles. The van der Waals surface area contributed by atoms with Crippen LogP contribution in [0.4, 0.5) is 0 Å². The van der Waals surface area contributed by atoms with Crippen molar-refractivity contribution in [3.8, 4) is 22.8 Å². The van der Waals surface area contributed by atoms with E-state index in [0.29, 0.717) is 15.6 Å². The number of H-pyrrole nitrogens is 1. The maximum atomic E-state index is 9.58. The molecule has 1 aromatic heterocycles. The van der Waals surface area contributed by atoms with E-state index >= 15 is 0 Å². The lowest BCUT2D eigenvalue weighted by Crippen LogP contribution is -2.00. The monoisotopic (exact) mass is 331 g/mol. The van der Waals surface area contributed by atoms with Crippen LogP contribution in [0.15, 0.2) is 36.4 Å². The first-order chi connectivity index (χ1) is 10.5. The normalized spacial score (nSPS) is 10.9. The summed E-state index contributed by atoms with van der Waals surface area (Å²) in [5, 5.41) is 17.4. The summed E-state index contributed by atoms with van der Waals surface area (Å²) >= 11 is 11.8. The number of aromatic amines is 1. The zero-order valence-electron chi connectivity index (χ0n) is 12.1. The fourth-order valence-electron chi connectivity index (χ4n) is 2.40. The van der Waals surface area contributed by atoms with E-state index < -0.39 is 0 Å². The first-order valence-corrected chi connectivity index (χ1v) is 7.50. The van der Waals surface area contributed by atoms with Crippen molar-refractivity contribution in [3.05, 3.63) is 57.3 Å². The largest absolute Gasteiger partial charge is 0.508 e. The van der Waals surface area contributed by atoms with Gasteiger partial charge in [-0.3, -0.25) is 9.67 Å². The lowest BCUT2D eigenvalue weighted by Gasteiger charge is -2.12. The zero-order chi connectivity index (χ0) is 15.9. The summed E-state index contributed by atoms with van der Waals surface area (Å²) in [6.45, 7) is 3.86. The lowest BCUT2D eigenvalue weighted by molar-refractivity contribution is 0.475. The Balaban J connectivity index is 2.29. The molecule has 0 aliphatic rings. The van der Waals surface area contributed by atoms with E-state index in [4.69, 9.17) is 23.8 Å². The van der Waals surface area contributed by atoms with E-state index in [2.05, 4.69) is 10.2 Å². The van der Waals surface area contributed by atoms with E-state index in [1.807, 2.05) is 42.7 Å². The second kappa shape index (κ2) is 5.59. The summed E-state index contributed by atoms with van der Waals surface area (Å²) in [6, 6.07) is 10.9. The molecule has 0 unspecified atom stereocenters. The highest BCUT2D eigenvalue weighted by Gasteiger charge is 2.15. The zero-order valence-corrected chi connectivity index (χ0v) is 13.7. The predicted octanol–water partition coefficient (Wildman–Crippen LogP) is 4.57. The van der Waals surface area contributed by atoms with Gasteiger partial charge in [-0.25, -0.2) is 0 Å². The van der Waals surface area contributed by atoms with Gasteiger partial charge in [0.25, 0.3) is 0 Å². The number of hydrogen-bond acceptors (Lipinski definition) is 3. The van der Waals surface area contributed by atoms with E-state index in [1.165, 1.54) is 0 Å². The summed E-state index contributed by atoms with van der Waals surface area (Å²) < 4.78 is 2.28. The van der Waals surface area contributed by atoms with Crippen LogP contribution in [-0.4, -0.2) is 19.9 Å². The number of benzene rings is 2. The molecule has 4 nitrogen and oxygen atoms in total. The molecule has 0 saturated heterocycles. The minimum atomic E-state index is 0.218. The molecular formula is C16H14ClN3OS. The topological polar surface area (TPSA) is 53.8 Å².